The van der Waals surface area contributed by atoms with Gasteiger partial charge in [0.15, 0.2) is 0 Å². The molecule has 0 aliphatic carbocycles. The van der Waals surface area contributed by atoms with Crippen molar-refractivity contribution in [3.63, 3.8) is 0 Å². The third-order valence-electron chi connectivity index (χ3n) is 4.01. The maximum Gasteiger partial charge on any atom is 0.243 e. The number of halogens is 1. The lowest BCUT2D eigenvalue weighted by molar-refractivity contribution is 0.405. The summed E-state index contributed by atoms with van der Waals surface area (Å²) < 4.78 is 28.6. The minimum atomic E-state index is -3.61. The molecule has 0 atom stereocenters. The topological polar surface area (TPSA) is 50.3 Å². The largest absolute Gasteiger partial charge is 0.260 e. The van der Waals surface area contributed by atoms with Crippen molar-refractivity contribution in [2.24, 2.45) is 0 Å². The lowest BCUT2D eigenvalue weighted by Crippen LogP contribution is -2.33. The number of sulfonamides is 1. The SMILES string of the molecule is O=S(=O)(c1ccc(Br)cc1)N(CCc1ccccc1)Cc1ccccn1. The molecule has 0 spiro atoms. The highest BCUT2D eigenvalue weighted by atomic mass is 79.9. The first kappa shape index (κ1) is 18.8. The maximum atomic E-state index is 13.2. The average molecular weight is 431 g/mol. The molecule has 0 N–H and O–H groups in total. The molecular formula is C20H19BrN2O2S. The summed E-state index contributed by atoms with van der Waals surface area (Å²) in [5.41, 5.74) is 1.82. The van der Waals surface area contributed by atoms with Gasteiger partial charge >= 0.3 is 0 Å². The second-order valence-corrected chi connectivity index (χ2v) is 8.70. The zero-order valence-electron chi connectivity index (χ0n) is 14.1. The third kappa shape index (κ3) is 4.78. The highest BCUT2D eigenvalue weighted by Crippen LogP contribution is 2.21. The Bertz CT molecular complexity index is 931. The summed E-state index contributed by atoms with van der Waals surface area (Å²) in [7, 11) is -3.61. The van der Waals surface area contributed by atoms with Gasteiger partial charge in [-0.1, -0.05) is 52.3 Å². The first-order valence-corrected chi connectivity index (χ1v) is 10.5. The molecule has 0 aliphatic heterocycles. The summed E-state index contributed by atoms with van der Waals surface area (Å²) >= 11 is 3.35. The number of pyridine rings is 1. The fourth-order valence-corrected chi connectivity index (χ4v) is 4.29. The Kier molecular flexibility index (Phi) is 6.19. The Hall–Kier alpha value is -2.02. The molecule has 0 radical (unpaired) electrons. The van der Waals surface area contributed by atoms with E-state index in [9.17, 15) is 8.42 Å². The van der Waals surface area contributed by atoms with Gasteiger partial charge < -0.3 is 0 Å². The van der Waals surface area contributed by atoms with Crippen LogP contribution in [0.1, 0.15) is 11.3 Å². The number of hydrogen-bond acceptors (Lipinski definition) is 3. The van der Waals surface area contributed by atoms with Crippen LogP contribution in [0.3, 0.4) is 0 Å². The Balaban J connectivity index is 1.87. The first-order valence-electron chi connectivity index (χ1n) is 8.25. The Morgan fingerprint density at radius 1 is 0.885 bits per heavy atom. The van der Waals surface area contributed by atoms with Gasteiger partial charge in [-0.2, -0.15) is 4.31 Å². The van der Waals surface area contributed by atoms with Gasteiger partial charge in [0.2, 0.25) is 10.0 Å². The average Bonchev–Trinajstić information content (AvgIpc) is 2.67. The van der Waals surface area contributed by atoms with Crippen molar-refractivity contribution in [3.05, 3.63) is 94.7 Å². The normalized spacial score (nSPS) is 11.6. The number of benzene rings is 2. The van der Waals surface area contributed by atoms with Crippen LogP contribution in [0.25, 0.3) is 0 Å². The molecule has 0 fully saturated rings. The predicted octanol–water partition coefficient (Wildman–Crippen LogP) is 4.28. The third-order valence-corrected chi connectivity index (χ3v) is 6.40. The summed E-state index contributed by atoms with van der Waals surface area (Å²) in [4.78, 5) is 4.56. The van der Waals surface area contributed by atoms with Crippen molar-refractivity contribution in [1.29, 1.82) is 0 Å². The molecule has 1 aromatic heterocycles. The van der Waals surface area contributed by atoms with Crippen LogP contribution in [0, 0.1) is 0 Å². The molecule has 4 nitrogen and oxygen atoms in total. The molecule has 3 aromatic rings. The first-order chi connectivity index (χ1) is 12.6. The van der Waals surface area contributed by atoms with Crippen LogP contribution in [0.4, 0.5) is 0 Å². The van der Waals surface area contributed by atoms with Gasteiger partial charge in [0.1, 0.15) is 0 Å². The number of hydrogen-bond donors (Lipinski definition) is 0. The van der Waals surface area contributed by atoms with E-state index < -0.39 is 10.0 Å². The summed E-state index contributed by atoms with van der Waals surface area (Å²) in [5.74, 6) is 0. The Morgan fingerprint density at radius 3 is 2.23 bits per heavy atom. The lowest BCUT2D eigenvalue weighted by atomic mass is 10.1. The molecule has 0 saturated carbocycles. The fourth-order valence-electron chi connectivity index (χ4n) is 2.61. The van der Waals surface area contributed by atoms with Crippen LogP contribution in [-0.2, 0) is 23.0 Å². The van der Waals surface area contributed by atoms with Gasteiger partial charge in [-0.25, -0.2) is 8.42 Å². The van der Waals surface area contributed by atoms with E-state index >= 15 is 0 Å². The van der Waals surface area contributed by atoms with Crippen LogP contribution < -0.4 is 0 Å². The minimum Gasteiger partial charge on any atom is -0.260 e. The fraction of sp³-hybridized carbons (Fsp3) is 0.150. The molecule has 134 valence electrons. The van der Waals surface area contributed by atoms with Crippen LogP contribution in [0.15, 0.2) is 88.4 Å². The van der Waals surface area contributed by atoms with Gasteiger partial charge in [0.25, 0.3) is 0 Å². The standard InChI is InChI=1S/C20H19BrN2O2S/c21-18-9-11-20(12-10-18)26(24,25)23(16-19-8-4-5-14-22-19)15-13-17-6-2-1-3-7-17/h1-12,14H,13,15-16H2. The summed E-state index contributed by atoms with van der Waals surface area (Å²) in [6.07, 6.45) is 2.32. The maximum absolute atomic E-state index is 13.2. The number of aromatic nitrogens is 1. The van der Waals surface area contributed by atoms with Crippen LogP contribution in [0.2, 0.25) is 0 Å². The van der Waals surface area contributed by atoms with E-state index in [1.165, 1.54) is 4.31 Å². The van der Waals surface area contributed by atoms with Gasteiger partial charge in [0, 0.05) is 17.2 Å². The van der Waals surface area contributed by atoms with E-state index in [4.69, 9.17) is 0 Å². The molecular weight excluding hydrogens is 412 g/mol. The summed E-state index contributed by atoms with van der Waals surface area (Å²) in [6.45, 7) is 0.630. The van der Waals surface area contributed by atoms with Crippen molar-refractivity contribution in [1.82, 2.24) is 9.29 Å². The van der Waals surface area contributed by atoms with E-state index in [0.29, 0.717) is 13.0 Å². The van der Waals surface area contributed by atoms with E-state index in [-0.39, 0.29) is 11.4 Å². The van der Waals surface area contributed by atoms with Crippen molar-refractivity contribution in [3.8, 4) is 0 Å². The smallest absolute Gasteiger partial charge is 0.243 e. The Morgan fingerprint density at radius 2 is 1.58 bits per heavy atom. The zero-order valence-corrected chi connectivity index (χ0v) is 16.5. The number of rotatable bonds is 7. The molecule has 0 bridgehead atoms. The molecule has 0 aliphatic rings. The van der Waals surface area contributed by atoms with Crippen molar-refractivity contribution in [2.45, 2.75) is 17.9 Å². The molecule has 6 heteroatoms. The lowest BCUT2D eigenvalue weighted by Gasteiger charge is -2.22. The van der Waals surface area contributed by atoms with E-state index in [2.05, 4.69) is 20.9 Å². The molecule has 0 amide bonds. The highest BCUT2D eigenvalue weighted by molar-refractivity contribution is 9.10. The second-order valence-electron chi connectivity index (χ2n) is 5.85. The van der Waals surface area contributed by atoms with Gasteiger partial charge in [-0.3, -0.25) is 4.98 Å². The molecule has 1 heterocycles. The number of nitrogens with zero attached hydrogens (tertiary/aromatic N) is 2. The van der Waals surface area contributed by atoms with Gasteiger partial charge in [0.05, 0.1) is 17.1 Å². The van der Waals surface area contributed by atoms with Crippen LogP contribution >= 0.6 is 15.9 Å². The van der Waals surface area contributed by atoms with E-state index in [1.807, 2.05) is 48.5 Å². The van der Waals surface area contributed by atoms with Crippen molar-refractivity contribution >= 4 is 26.0 Å². The highest BCUT2D eigenvalue weighted by Gasteiger charge is 2.24. The predicted molar refractivity (Wildman–Crippen MR) is 106 cm³/mol. The Labute approximate surface area is 162 Å². The van der Waals surface area contributed by atoms with Crippen molar-refractivity contribution in [2.75, 3.05) is 6.54 Å². The quantitative estimate of drug-likeness (QED) is 0.561. The van der Waals surface area contributed by atoms with E-state index in [0.717, 1.165) is 15.7 Å². The monoisotopic (exact) mass is 430 g/mol. The summed E-state index contributed by atoms with van der Waals surface area (Å²) in [5, 5.41) is 0. The molecule has 0 saturated heterocycles. The van der Waals surface area contributed by atoms with Crippen LogP contribution in [0.5, 0.6) is 0 Å². The van der Waals surface area contributed by atoms with Crippen LogP contribution in [-0.4, -0.2) is 24.3 Å². The van der Waals surface area contributed by atoms with Gasteiger partial charge in [-0.05, 0) is 48.4 Å². The van der Waals surface area contributed by atoms with Gasteiger partial charge in [-0.15, -0.1) is 0 Å². The van der Waals surface area contributed by atoms with E-state index in [1.54, 1.807) is 30.5 Å². The molecule has 3 rings (SSSR count). The summed E-state index contributed by atoms with van der Waals surface area (Å²) in [6, 6.07) is 22.1. The molecule has 2 aromatic carbocycles. The zero-order chi connectivity index (χ0) is 18.4. The van der Waals surface area contributed by atoms with Crippen molar-refractivity contribution < 1.29 is 8.42 Å². The molecule has 26 heavy (non-hydrogen) atoms. The second kappa shape index (κ2) is 8.58. The molecule has 0 unspecified atom stereocenters. The minimum absolute atomic E-state index is 0.242.